The van der Waals surface area contributed by atoms with E-state index in [2.05, 4.69) is 17.1 Å². The van der Waals surface area contributed by atoms with Crippen molar-refractivity contribution in [3.8, 4) is 0 Å². The van der Waals surface area contributed by atoms with E-state index in [9.17, 15) is 5.11 Å². The van der Waals surface area contributed by atoms with Crippen molar-refractivity contribution in [2.75, 3.05) is 26.7 Å². The molecule has 0 aromatic rings. The van der Waals surface area contributed by atoms with Crippen LogP contribution in [0.2, 0.25) is 0 Å². The first-order valence-corrected chi connectivity index (χ1v) is 7.79. The first-order valence-electron chi connectivity index (χ1n) is 7.79. The van der Waals surface area contributed by atoms with Gasteiger partial charge in [0.15, 0.2) is 0 Å². The Bertz CT molecular complexity index is 249. The smallest absolute Gasteiger partial charge is 0.0615 e. The highest BCUT2D eigenvalue weighted by Gasteiger charge is 2.41. The van der Waals surface area contributed by atoms with Crippen molar-refractivity contribution in [3.63, 3.8) is 0 Å². The third-order valence-electron chi connectivity index (χ3n) is 5.08. The molecule has 3 heteroatoms. The summed E-state index contributed by atoms with van der Waals surface area (Å²) < 4.78 is 0. The van der Waals surface area contributed by atoms with Crippen LogP contribution in [0.25, 0.3) is 0 Å². The van der Waals surface area contributed by atoms with Crippen molar-refractivity contribution in [1.82, 2.24) is 10.2 Å². The summed E-state index contributed by atoms with van der Waals surface area (Å²) in [7, 11) is 2.01. The number of aliphatic hydroxyl groups is 1. The monoisotopic (exact) mass is 254 g/mol. The molecular formula is C15H30N2O. The highest BCUT2D eigenvalue weighted by Crippen LogP contribution is 2.38. The number of rotatable bonds is 8. The fourth-order valence-corrected chi connectivity index (χ4v) is 3.71. The summed E-state index contributed by atoms with van der Waals surface area (Å²) >= 11 is 0. The molecule has 2 atom stereocenters. The first-order chi connectivity index (χ1) is 8.75. The Morgan fingerprint density at radius 1 is 1.28 bits per heavy atom. The average Bonchev–Trinajstić information content (AvgIpc) is 3.15. The van der Waals surface area contributed by atoms with Crippen LogP contribution in [-0.4, -0.2) is 48.3 Å². The molecule has 106 valence electrons. The maximum Gasteiger partial charge on any atom is 0.0615 e. The zero-order chi connectivity index (χ0) is 13.0. The van der Waals surface area contributed by atoms with E-state index >= 15 is 0 Å². The molecule has 3 nitrogen and oxygen atoms in total. The van der Waals surface area contributed by atoms with Crippen molar-refractivity contribution >= 4 is 0 Å². The van der Waals surface area contributed by atoms with Crippen molar-refractivity contribution in [3.05, 3.63) is 0 Å². The largest absolute Gasteiger partial charge is 0.394 e. The zero-order valence-electron chi connectivity index (χ0n) is 12.1. The van der Waals surface area contributed by atoms with Crippen LogP contribution in [0.5, 0.6) is 0 Å². The lowest BCUT2D eigenvalue weighted by atomic mass is 9.85. The molecule has 0 aromatic carbocycles. The molecule has 0 aromatic heterocycles. The molecule has 2 N–H and O–H groups in total. The molecule has 2 fully saturated rings. The maximum atomic E-state index is 9.70. The second-order valence-corrected chi connectivity index (χ2v) is 6.21. The summed E-state index contributed by atoms with van der Waals surface area (Å²) in [6.45, 7) is 5.05. The van der Waals surface area contributed by atoms with Gasteiger partial charge in [-0.2, -0.15) is 0 Å². The predicted molar refractivity (Wildman–Crippen MR) is 75.7 cm³/mol. The van der Waals surface area contributed by atoms with E-state index in [-0.39, 0.29) is 5.54 Å². The minimum Gasteiger partial charge on any atom is -0.394 e. The van der Waals surface area contributed by atoms with E-state index in [1.165, 1.54) is 51.6 Å². The van der Waals surface area contributed by atoms with Gasteiger partial charge in [-0.1, -0.05) is 13.3 Å². The van der Waals surface area contributed by atoms with Gasteiger partial charge in [0.1, 0.15) is 0 Å². The number of likely N-dealkylation sites (N-methyl/N-ethyl adjacent to an activating group) is 1. The van der Waals surface area contributed by atoms with Crippen molar-refractivity contribution < 1.29 is 5.11 Å². The molecule has 0 heterocycles. The summed E-state index contributed by atoms with van der Waals surface area (Å²) in [5.74, 6) is 0.658. The molecule has 0 spiro atoms. The van der Waals surface area contributed by atoms with Crippen LogP contribution in [-0.2, 0) is 0 Å². The summed E-state index contributed by atoms with van der Waals surface area (Å²) in [5.41, 5.74) is 0.0153. The average molecular weight is 254 g/mol. The fourth-order valence-electron chi connectivity index (χ4n) is 3.71. The molecule has 0 amide bonds. The molecule has 0 saturated heterocycles. The van der Waals surface area contributed by atoms with E-state index in [0.29, 0.717) is 12.5 Å². The van der Waals surface area contributed by atoms with Crippen LogP contribution in [0.3, 0.4) is 0 Å². The Morgan fingerprint density at radius 2 is 2.06 bits per heavy atom. The van der Waals surface area contributed by atoms with Crippen molar-refractivity contribution in [2.24, 2.45) is 5.92 Å². The topological polar surface area (TPSA) is 35.5 Å². The highest BCUT2D eigenvalue weighted by molar-refractivity contribution is 4.98. The Hall–Kier alpha value is -0.120. The third kappa shape index (κ3) is 3.06. The number of hydrogen-bond acceptors (Lipinski definition) is 3. The van der Waals surface area contributed by atoms with Crippen LogP contribution >= 0.6 is 0 Å². The zero-order valence-corrected chi connectivity index (χ0v) is 12.1. The molecular weight excluding hydrogens is 224 g/mol. The first kappa shape index (κ1) is 14.3. The van der Waals surface area contributed by atoms with E-state index in [4.69, 9.17) is 0 Å². The number of nitrogens with one attached hydrogen (secondary N) is 1. The van der Waals surface area contributed by atoms with Gasteiger partial charge in [-0.15, -0.1) is 0 Å². The van der Waals surface area contributed by atoms with Gasteiger partial charge in [-0.05, 0) is 64.6 Å². The molecule has 2 rings (SSSR count). The van der Waals surface area contributed by atoms with Crippen molar-refractivity contribution in [1.29, 1.82) is 0 Å². The van der Waals surface area contributed by atoms with Gasteiger partial charge in [0, 0.05) is 11.6 Å². The number of nitrogens with zero attached hydrogens (tertiary/aromatic N) is 1. The summed E-state index contributed by atoms with van der Waals surface area (Å²) in [6.07, 6.45) is 9.01. The maximum absolute atomic E-state index is 9.70. The number of hydrogen-bond donors (Lipinski definition) is 2. The van der Waals surface area contributed by atoms with Gasteiger partial charge in [0.05, 0.1) is 6.61 Å². The third-order valence-corrected chi connectivity index (χ3v) is 5.08. The summed E-state index contributed by atoms with van der Waals surface area (Å²) in [6, 6.07) is 0.879. The Balaban J connectivity index is 1.84. The van der Waals surface area contributed by atoms with Crippen LogP contribution in [0.1, 0.15) is 51.9 Å². The number of aliphatic hydroxyl groups excluding tert-OH is 1. The van der Waals surface area contributed by atoms with E-state index in [0.717, 1.165) is 12.5 Å². The van der Waals surface area contributed by atoms with Crippen LogP contribution in [0, 0.1) is 5.92 Å². The Kier molecular flexibility index (Phi) is 5.05. The van der Waals surface area contributed by atoms with Gasteiger partial charge in [0.25, 0.3) is 0 Å². The predicted octanol–water partition coefficient (Wildman–Crippen LogP) is 2.00. The fraction of sp³-hybridized carbons (Fsp3) is 1.00. The lowest BCUT2D eigenvalue weighted by Crippen LogP contribution is -2.50. The second-order valence-electron chi connectivity index (χ2n) is 6.21. The second kappa shape index (κ2) is 6.36. The molecule has 0 aliphatic heterocycles. The Morgan fingerprint density at radius 3 is 2.61 bits per heavy atom. The Labute approximate surface area is 112 Å². The van der Waals surface area contributed by atoms with Gasteiger partial charge in [-0.25, -0.2) is 0 Å². The van der Waals surface area contributed by atoms with Gasteiger partial charge >= 0.3 is 0 Å². The molecule has 2 unspecified atom stereocenters. The standard InChI is InChI=1S/C15H30N2O/c1-3-10-17(14-6-7-14)11-8-13-5-4-9-15(13,12-18)16-2/h13-14,16,18H,3-12H2,1-2H3. The highest BCUT2D eigenvalue weighted by atomic mass is 16.3. The van der Waals surface area contributed by atoms with Crippen molar-refractivity contribution in [2.45, 2.75) is 63.5 Å². The molecule has 2 saturated carbocycles. The summed E-state index contributed by atoms with van der Waals surface area (Å²) in [4.78, 5) is 2.68. The van der Waals surface area contributed by atoms with Gasteiger partial charge < -0.3 is 15.3 Å². The lowest BCUT2D eigenvalue weighted by Gasteiger charge is -2.35. The molecule has 0 radical (unpaired) electrons. The van der Waals surface area contributed by atoms with E-state index in [1.807, 2.05) is 7.05 Å². The molecule has 0 bridgehead atoms. The minimum atomic E-state index is 0.0153. The minimum absolute atomic E-state index is 0.0153. The summed E-state index contributed by atoms with van der Waals surface area (Å²) in [5, 5.41) is 13.1. The van der Waals surface area contributed by atoms with E-state index < -0.39 is 0 Å². The van der Waals surface area contributed by atoms with Crippen LogP contribution in [0.4, 0.5) is 0 Å². The normalized spacial score (nSPS) is 32.3. The molecule has 18 heavy (non-hydrogen) atoms. The van der Waals surface area contributed by atoms with Crippen LogP contribution < -0.4 is 5.32 Å². The molecule has 2 aliphatic carbocycles. The molecule has 2 aliphatic rings. The van der Waals surface area contributed by atoms with Gasteiger partial charge in [-0.3, -0.25) is 0 Å². The lowest BCUT2D eigenvalue weighted by molar-refractivity contribution is 0.117. The quantitative estimate of drug-likeness (QED) is 0.695. The SMILES string of the molecule is CCCN(CCC1CCCC1(CO)NC)C1CC1. The van der Waals surface area contributed by atoms with Crippen LogP contribution in [0.15, 0.2) is 0 Å². The van der Waals surface area contributed by atoms with E-state index in [1.54, 1.807) is 0 Å². The van der Waals surface area contributed by atoms with Gasteiger partial charge in [0.2, 0.25) is 0 Å².